The highest BCUT2D eigenvalue weighted by Gasteiger charge is 2.26. The van der Waals surface area contributed by atoms with Crippen molar-refractivity contribution < 1.29 is 14.0 Å². The molecule has 2 N–H and O–H groups in total. The lowest BCUT2D eigenvalue weighted by Gasteiger charge is -2.24. The van der Waals surface area contributed by atoms with Crippen LogP contribution < -0.4 is 10.6 Å². The molecule has 0 bridgehead atoms. The van der Waals surface area contributed by atoms with Gasteiger partial charge in [-0.3, -0.25) is 15.0 Å². The first-order valence-electron chi connectivity index (χ1n) is 7.13. The SMILES string of the molecule is C[C@H](C(=O)NC(=O)NC1CC1)N(C)Cc1c(F)cccc1Cl. The van der Waals surface area contributed by atoms with Gasteiger partial charge in [0.25, 0.3) is 0 Å². The van der Waals surface area contributed by atoms with E-state index in [9.17, 15) is 14.0 Å². The zero-order valence-electron chi connectivity index (χ0n) is 12.5. The van der Waals surface area contributed by atoms with Crippen LogP contribution in [0.2, 0.25) is 5.02 Å². The van der Waals surface area contributed by atoms with E-state index in [4.69, 9.17) is 11.6 Å². The van der Waals surface area contributed by atoms with E-state index in [1.807, 2.05) is 0 Å². The summed E-state index contributed by atoms with van der Waals surface area (Å²) in [4.78, 5) is 25.2. The third-order valence-electron chi connectivity index (χ3n) is 3.66. The molecule has 1 saturated carbocycles. The van der Waals surface area contributed by atoms with Gasteiger partial charge in [0.15, 0.2) is 0 Å². The fourth-order valence-electron chi connectivity index (χ4n) is 1.94. The zero-order valence-corrected chi connectivity index (χ0v) is 13.3. The molecule has 3 amide bonds. The molecule has 1 aliphatic rings. The molecule has 0 aliphatic heterocycles. The molecular formula is C15H19ClFN3O2. The number of likely N-dealkylation sites (N-methyl/N-ethyl adjacent to an activating group) is 1. The number of amides is 3. The predicted molar refractivity (Wildman–Crippen MR) is 82.0 cm³/mol. The summed E-state index contributed by atoms with van der Waals surface area (Å²) in [6.07, 6.45) is 1.89. The number of imide groups is 1. The summed E-state index contributed by atoms with van der Waals surface area (Å²) in [5.74, 6) is -0.855. The minimum Gasteiger partial charge on any atom is -0.335 e. The molecule has 0 saturated heterocycles. The number of halogens is 2. The molecule has 1 fully saturated rings. The highest BCUT2D eigenvalue weighted by Crippen LogP contribution is 2.21. The molecule has 5 nitrogen and oxygen atoms in total. The van der Waals surface area contributed by atoms with Crippen LogP contribution >= 0.6 is 11.6 Å². The maximum Gasteiger partial charge on any atom is 0.321 e. The molecule has 7 heteroatoms. The first kappa shape index (κ1) is 16.7. The number of carbonyl (C=O) groups is 2. The van der Waals surface area contributed by atoms with Gasteiger partial charge in [0, 0.05) is 23.2 Å². The fraction of sp³-hybridized carbons (Fsp3) is 0.467. The Hall–Kier alpha value is -1.66. The molecular weight excluding hydrogens is 309 g/mol. The monoisotopic (exact) mass is 327 g/mol. The van der Waals surface area contributed by atoms with Crippen LogP contribution in [0, 0.1) is 5.82 Å². The van der Waals surface area contributed by atoms with Gasteiger partial charge >= 0.3 is 6.03 Å². The number of hydrogen-bond acceptors (Lipinski definition) is 3. The first-order valence-corrected chi connectivity index (χ1v) is 7.50. The lowest BCUT2D eigenvalue weighted by atomic mass is 10.1. The smallest absolute Gasteiger partial charge is 0.321 e. The normalized spacial score (nSPS) is 15.5. The van der Waals surface area contributed by atoms with E-state index >= 15 is 0 Å². The summed E-state index contributed by atoms with van der Waals surface area (Å²) in [5, 5.41) is 5.28. The van der Waals surface area contributed by atoms with Crippen molar-refractivity contribution in [2.45, 2.75) is 38.4 Å². The Labute approximate surface area is 133 Å². The second kappa shape index (κ2) is 7.07. The largest absolute Gasteiger partial charge is 0.335 e. The maximum absolute atomic E-state index is 13.8. The van der Waals surface area contributed by atoms with Gasteiger partial charge in [0.2, 0.25) is 5.91 Å². The van der Waals surface area contributed by atoms with Gasteiger partial charge in [-0.1, -0.05) is 17.7 Å². The lowest BCUT2D eigenvalue weighted by Crippen LogP contribution is -2.48. The Morgan fingerprint density at radius 1 is 1.45 bits per heavy atom. The van der Waals surface area contributed by atoms with Crippen molar-refractivity contribution in [3.63, 3.8) is 0 Å². The van der Waals surface area contributed by atoms with Crippen molar-refractivity contribution in [3.8, 4) is 0 Å². The number of urea groups is 1. The molecule has 1 atom stereocenters. The molecule has 0 heterocycles. The molecule has 0 unspecified atom stereocenters. The van der Waals surface area contributed by atoms with Crippen LogP contribution in [-0.4, -0.2) is 36.0 Å². The minimum atomic E-state index is -0.597. The number of benzene rings is 1. The van der Waals surface area contributed by atoms with Gasteiger partial charge in [0.05, 0.1) is 6.04 Å². The Morgan fingerprint density at radius 3 is 2.73 bits per heavy atom. The van der Waals surface area contributed by atoms with Gasteiger partial charge in [0.1, 0.15) is 5.82 Å². The highest BCUT2D eigenvalue weighted by molar-refractivity contribution is 6.31. The Bertz CT molecular complexity index is 558. The van der Waals surface area contributed by atoms with Gasteiger partial charge < -0.3 is 5.32 Å². The standard InChI is InChI=1S/C15H19ClFN3O2/c1-9(14(21)19-15(22)18-10-6-7-10)20(2)8-11-12(16)4-3-5-13(11)17/h3-5,9-10H,6-8H2,1-2H3,(H2,18,19,21,22)/t9-/m1/s1. The summed E-state index contributed by atoms with van der Waals surface area (Å²) in [6, 6.07) is 3.54. The summed E-state index contributed by atoms with van der Waals surface area (Å²) in [7, 11) is 1.67. The van der Waals surface area contributed by atoms with E-state index in [1.165, 1.54) is 12.1 Å². The van der Waals surface area contributed by atoms with Crippen LogP contribution in [0.25, 0.3) is 0 Å². The second-order valence-corrected chi connectivity index (χ2v) is 5.94. The van der Waals surface area contributed by atoms with Gasteiger partial charge in [-0.25, -0.2) is 9.18 Å². The minimum absolute atomic E-state index is 0.171. The summed E-state index contributed by atoms with van der Waals surface area (Å²) in [6.45, 7) is 1.82. The summed E-state index contributed by atoms with van der Waals surface area (Å²) < 4.78 is 13.8. The van der Waals surface area contributed by atoms with Gasteiger partial charge in [-0.05, 0) is 38.9 Å². The van der Waals surface area contributed by atoms with Gasteiger partial charge in [-0.15, -0.1) is 0 Å². The first-order chi connectivity index (χ1) is 10.4. The summed E-state index contributed by atoms with van der Waals surface area (Å²) in [5.41, 5.74) is 0.328. The van der Waals surface area contributed by atoms with E-state index in [0.717, 1.165) is 12.8 Å². The van der Waals surface area contributed by atoms with Crippen molar-refractivity contribution in [2.24, 2.45) is 0 Å². The van der Waals surface area contributed by atoms with Crippen LogP contribution in [0.3, 0.4) is 0 Å². The maximum atomic E-state index is 13.8. The third kappa shape index (κ3) is 4.42. The molecule has 22 heavy (non-hydrogen) atoms. The highest BCUT2D eigenvalue weighted by atomic mass is 35.5. The van der Waals surface area contributed by atoms with Gasteiger partial charge in [-0.2, -0.15) is 0 Å². The van der Waals surface area contributed by atoms with Crippen LogP contribution in [0.4, 0.5) is 9.18 Å². The van der Waals surface area contributed by atoms with E-state index in [0.29, 0.717) is 10.6 Å². The van der Waals surface area contributed by atoms with E-state index in [-0.39, 0.29) is 12.6 Å². The van der Waals surface area contributed by atoms with Crippen LogP contribution in [0.5, 0.6) is 0 Å². The summed E-state index contributed by atoms with van der Waals surface area (Å²) >= 11 is 5.98. The molecule has 2 rings (SSSR count). The van der Waals surface area contributed by atoms with Crippen molar-refractivity contribution in [3.05, 3.63) is 34.6 Å². The number of nitrogens with zero attached hydrogens (tertiary/aromatic N) is 1. The molecule has 1 aliphatic carbocycles. The number of nitrogens with one attached hydrogen (secondary N) is 2. The van der Waals surface area contributed by atoms with Crippen LogP contribution in [0.15, 0.2) is 18.2 Å². The quantitative estimate of drug-likeness (QED) is 0.872. The van der Waals surface area contributed by atoms with Crippen LogP contribution in [0.1, 0.15) is 25.3 Å². The number of carbonyl (C=O) groups excluding carboxylic acids is 2. The fourth-order valence-corrected chi connectivity index (χ4v) is 2.16. The number of hydrogen-bond donors (Lipinski definition) is 2. The molecule has 1 aromatic rings. The average Bonchev–Trinajstić information content (AvgIpc) is 3.25. The zero-order chi connectivity index (χ0) is 16.3. The lowest BCUT2D eigenvalue weighted by molar-refractivity contribution is -0.124. The van der Waals surface area contributed by atoms with Crippen molar-refractivity contribution in [1.29, 1.82) is 0 Å². The Balaban J connectivity index is 1.91. The predicted octanol–water partition coefficient (Wildman–Crippen LogP) is 2.29. The Morgan fingerprint density at radius 2 is 2.14 bits per heavy atom. The van der Waals surface area contributed by atoms with E-state index in [2.05, 4.69) is 10.6 Å². The second-order valence-electron chi connectivity index (χ2n) is 5.53. The van der Waals surface area contributed by atoms with Crippen molar-refractivity contribution in [1.82, 2.24) is 15.5 Å². The van der Waals surface area contributed by atoms with Crippen molar-refractivity contribution in [2.75, 3.05) is 7.05 Å². The Kier molecular flexibility index (Phi) is 5.37. The molecule has 120 valence electrons. The molecule has 0 radical (unpaired) electrons. The molecule has 1 aromatic carbocycles. The third-order valence-corrected chi connectivity index (χ3v) is 4.01. The average molecular weight is 328 g/mol. The molecule has 0 spiro atoms. The van der Waals surface area contributed by atoms with E-state index < -0.39 is 23.8 Å². The molecule has 0 aromatic heterocycles. The topological polar surface area (TPSA) is 61.4 Å². The van der Waals surface area contributed by atoms with Crippen LogP contribution in [-0.2, 0) is 11.3 Å². The van der Waals surface area contributed by atoms with E-state index in [1.54, 1.807) is 24.9 Å². The number of rotatable bonds is 5. The van der Waals surface area contributed by atoms with Crippen molar-refractivity contribution >= 4 is 23.5 Å².